The molecular weight excluding hydrogens is 240 g/mol. The lowest BCUT2D eigenvalue weighted by Gasteiger charge is -2.02. The Balaban J connectivity index is 2.17. The van der Waals surface area contributed by atoms with Gasteiger partial charge in [0.1, 0.15) is 0 Å². The standard InChI is InChI=1S/C14H12N4O/c1-9-2-4-10(5-3-9)12-13(19-18-14(12)15)11-6-7-16-17-8-11/h2-8H,1H3,(H2,15,18). The fourth-order valence-electron chi connectivity index (χ4n) is 1.92. The van der Waals surface area contributed by atoms with Crippen molar-refractivity contribution in [3.8, 4) is 22.5 Å². The number of hydrogen-bond acceptors (Lipinski definition) is 5. The SMILES string of the molecule is Cc1ccc(-c2c(N)noc2-c2ccnnc2)cc1. The van der Waals surface area contributed by atoms with Crippen LogP contribution >= 0.6 is 0 Å². The van der Waals surface area contributed by atoms with E-state index in [-0.39, 0.29) is 0 Å². The molecule has 2 aromatic heterocycles. The molecule has 3 rings (SSSR count). The molecule has 0 aliphatic carbocycles. The number of nitrogens with two attached hydrogens (primary N) is 1. The van der Waals surface area contributed by atoms with E-state index in [4.69, 9.17) is 10.3 Å². The molecule has 0 amide bonds. The van der Waals surface area contributed by atoms with Gasteiger partial charge in [0.05, 0.1) is 18.0 Å². The van der Waals surface area contributed by atoms with Crippen molar-refractivity contribution in [3.63, 3.8) is 0 Å². The van der Waals surface area contributed by atoms with Gasteiger partial charge in [0, 0.05) is 5.56 Å². The molecule has 0 radical (unpaired) electrons. The van der Waals surface area contributed by atoms with Crippen LogP contribution < -0.4 is 5.73 Å². The summed E-state index contributed by atoms with van der Waals surface area (Å²) in [4.78, 5) is 0. The third kappa shape index (κ3) is 2.06. The van der Waals surface area contributed by atoms with Gasteiger partial charge in [-0.25, -0.2) is 0 Å². The second-order valence-electron chi connectivity index (χ2n) is 4.27. The zero-order chi connectivity index (χ0) is 13.2. The van der Waals surface area contributed by atoms with Gasteiger partial charge in [0.2, 0.25) is 0 Å². The van der Waals surface area contributed by atoms with E-state index in [9.17, 15) is 0 Å². The molecule has 19 heavy (non-hydrogen) atoms. The Morgan fingerprint density at radius 2 is 1.79 bits per heavy atom. The summed E-state index contributed by atoms with van der Waals surface area (Å²) in [5, 5.41) is 11.4. The number of nitrogens with zero attached hydrogens (tertiary/aromatic N) is 3. The van der Waals surface area contributed by atoms with Crippen LogP contribution in [0.4, 0.5) is 5.82 Å². The lowest BCUT2D eigenvalue weighted by atomic mass is 10.0. The highest BCUT2D eigenvalue weighted by atomic mass is 16.5. The average Bonchev–Trinajstić information content (AvgIpc) is 2.83. The Bertz CT molecular complexity index is 689. The van der Waals surface area contributed by atoms with E-state index in [1.54, 1.807) is 12.4 Å². The van der Waals surface area contributed by atoms with Crippen LogP contribution in [-0.2, 0) is 0 Å². The van der Waals surface area contributed by atoms with Crippen molar-refractivity contribution in [3.05, 3.63) is 48.3 Å². The maximum atomic E-state index is 5.91. The van der Waals surface area contributed by atoms with Crippen LogP contribution in [-0.4, -0.2) is 15.4 Å². The first-order valence-electron chi connectivity index (χ1n) is 5.85. The molecule has 94 valence electrons. The molecule has 0 aliphatic rings. The molecule has 0 saturated carbocycles. The van der Waals surface area contributed by atoms with Gasteiger partial charge in [-0.3, -0.25) is 0 Å². The highest BCUT2D eigenvalue weighted by molar-refractivity contribution is 5.86. The molecule has 0 spiro atoms. The number of nitrogen functional groups attached to an aromatic ring is 1. The van der Waals surface area contributed by atoms with Crippen molar-refractivity contribution >= 4 is 5.82 Å². The van der Waals surface area contributed by atoms with Crippen LogP contribution in [0.3, 0.4) is 0 Å². The Morgan fingerprint density at radius 1 is 1.00 bits per heavy atom. The van der Waals surface area contributed by atoms with Crippen molar-refractivity contribution in [2.45, 2.75) is 6.92 Å². The molecule has 1 aromatic carbocycles. The number of hydrogen-bond donors (Lipinski definition) is 1. The lowest BCUT2D eigenvalue weighted by molar-refractivity contribution is 0.436. The Kier molecular flexibility index (Phi) is 2.72. The van der Waals surface area contributed by atoms with Gasteiger partial charge in [-0.2, -0.15) is 10.2 Å². The average molecular weight is 252 g/mol. The van der Waals surface area contributed by atoms with Gasteiger partial charge >= 0.3 is 0 Å². The number of benzene rings is 1. The molecule has 0 bridgehead atoms. The van der Waals surface area contributed by atoms with Crippen LogP contribution in [0.2, 0.25) is 0 Å². The normalized spacial score (nSPS) is 10.6. The fraction of sp³-hybridized carbons (Fsp3) is 0.0714. The van der Waals surface area contributed by atoms with E-state index in [0.29, 0.717) is 11.6 Å². The van der Waals surface area contributed by atoms with Gasteiger partial charge in [0.25, 0.3) is 0 Å². The van der Waals surface area contributed by atoms with Gasteiger partial charge in [-0.15, -0.1) is 0 Å². The lowest BCUT2D eigenvalue weighted by Crippen LogP contribution is -1.89. The van der Waals surface area contributed by atoms with E-state index in [1.807, 2.05) is 37.3 Å². The summed E-state index contributed by atoms with van der Waals surface area (Å²) < 4.78 is 5.32. The van der Waals surface area contributed by atoms with E-state index in [0.717, 1.165) is 16.7 Å². The van der Waals surface area contributed by atoms with Gasteiger partial charge in [0.15, 0.2) is 11.6 Å². The molecule has 2 N–H and O–H groups in total. The minimum absolute atomic E-state index is 0.371. The highest BCUT2D eigenvalue weighted by Crippen LogP contribution is 2.35. The molecule has 0 atom stereocenters. The maximum absolute atomic E-state index is 5.91. The summed E-state index contributed by atoms with van der Waals surface area (Å²) >= 11 is 0. The quantitative estimate of drug-likeness (QED) is 0.758. The second-order valence-corrected chi connectivity index (χ2v) is 4.27. The zero-order valence-corrected chi connectivity index (χ0v) is 10.4. The summed E-state index contributed by atoms with van der Waals surface area (Å²) in [5.74, 6) is 0.979. The predicted octanol–water partition coefficient (Wildman–Crippen LogP) is 2.69. The summed E-state index contributed by atoms with van der Waals surface area (Å²) in [6, 6.07) is 9.85. The van der Waals surface area contributed by atoms with Crippen LogP contribution in [0.15, 0.2) is 47.2 Å². The van der Waals surface area contributed by atoms with Crippen molar-refractivity contribution in [1.82, 2.24) is 15.4 Å². The minimum atomic E-state index is 0.371. The van der Waals surface area contributed by atoms with Crippen LogP contribution in [0.25, 0.3) is 22.5 Å². The molecule has 2 heterocycles. The highest BCUT2D eigenvalue weighted by Gasteiger charge is 2.17. The Morgan fingerprint density at radius 3 is 2.47 bits per heavy atom. The molecular formula is C14H12N4O. The third-order valence-corrected chi connectivity index (χ3v) is 2.91. The topological polar surface area (TPSA) is 77.8 Å². The van der Waals surface area contributed by atoms with Crippen LogP contribution in [0.5, 0.6) is 0 Å². The number of rotatable bonds is 2. The number of anilines is 1. The molecule has 3 aromatic rings. The molecule has 0 saturated heterocycles. The predicted molar refractivity (Wildman–Crippen MR) is 72.1 cm³/mol. The number of aryl methyl sites for hydroxylation is 1. The first-order chi connectivity index (χ1) is 9.25. The second kappa shape index (κ2) is 4.53. The zero-order valence-electron chi connectivity index (χ0n) is 10.4. The Hall–Kier alpha value is -2.69. The summed E-state index contributed by atoms with van der Waals surface area (Å²) in [6.07, 6.45) is 3.23. The smallest absolute Gasteiger partial charge is 0.178 e. The molecule has 5 heteroatoms. The third-order valence-electron chi connectivity index (χ3n) is 2.91. The Labute approximate surface area is 110 Å². The van der Waals surface area contributed by atoms with Gasteiger partial charge in [-0.1, -0.05) is 35.0 Å². The van der Waals surface area contributed by atoms with Gasteiger partial charge < -0.3 is 10.3 Å². The van der Waals surface area contributed by atoms with Crippen molar-refractivity contribution < 1.29 is 4.52 Å². The van der Waals surface area contributed by atoms with E-state index < -0.39 is 0 Å². The van der Waals surface area contributed by atoms with E-state index in [1.165, 1.54) is 5.56 Å². The number of aromatic nitrogens is 3. The van der Waals surface area contributed by atoms with Crippen molar-refractivity contribution in [1.29, 1.82) is 0 Å². The monoisotopic (exact) mass is 252 g/mol. The first kappa shape index (κ1) is 11.4. The fourth-order valence-corrected chi connectivity index (χ4v) is 1.92. The van der Waals surface area contributed by atoms with Crippen molar-refractivity contribution in [2.24, 2.45) is 0 Å². The molecule has 0 fully saturated rings. The summed E-state index contributed by atoms with van der Waals surface area (Å²) in [6.45, 7) is 2.04. The van der Waals surface area contributed by atoms with Crippen LogP contribution in [0, 0.1) is 6.92 Å². The van der Waals surface area contributed by atoms with Crippen molar-refractivity contribution in [2.75, 3.05) is 5.73 Å². The van der Waals surface area contributed by atoms with E-state index in [2.05, 4.69) is 15.4 Å². The summed E-state index contributed by atoms with van der Waals surface area (Å²) in [7, 11) is 0. The molecule has 5 nitrogen and oxygen atoms in total. The summed E-state index contributed by atoms with van der Waals surface area (Å²) in [5.41, 5.74) is 9.65. The van der Waals surface area contributed by atoms with Crippen LogP contribution in [0.1, 0.15) is 5.56 Å². The largest absolute Gasteiger partial charge is 0.380 e. The van der Waals surface area contributed by atoms with E-state index >= 15 is 0 Å². The maximum Gasteiger partial charge on any atom is 0.178 e. The van der Waals surface area contributed by atoms with Gasteiger partial charge in [-0.05, 0) is 18.6 Å². The minimum Gasteiger partial charge on any atom is -0.380 e. The molecule has 0 unspecified atom stereocenters. The first-order valence-corrected chi connectivity index (χ1v) is 5.85. The molecule has 0 aliphatic heterocycles.